The minimum Gasteiger partial charge on any atom is -0.381 e. The van der Waals surface area contributed by atoms with Crippen molar-refractivity contribution in [2.45, 2.75) is 25.0 Å². The molecule has 3 atom stereocenters. The maximum Gasteiger partial charge on any atom is 0.154 e. The summed E-state index contributed by atoms with van der Waals surface area (Å²) in [6.45, 7) is 4.87. The van der Waals surface area contributed by atoms with Crippen LogP contribution in [-0.4, -0.2) is 39.2 Å². The number of hydrogen-bond acceptors (Lipinski definition) is 4. The smallest absolute Gasteiger partial charge is 0.154 e. The summed E-state index contributed by atoms with van der Waals surface area (Å²) in [4.78, 5) is 0. The second kappa shape index (κ2) is 6.36. The van der Waals surface area contributed by atoms with Gasteiger partial charge in [-0.05, 0) is 24.6 Å². The van der Waals surface area contributed by atoms with Crippen LogP contribution in [0.3, 0.4) is 0 Å². The zero-order chi connectivity index (χ0) is 15.7. The van der Waals surface area contributed by atoms with Gasteiger partial charge in [0.2, 0.25) is 0 Å². The first-order valence-corrected chi connectivity index (χ1v) is 9.68. The van der Waals surface area contributed by atoms with Gasteiger partial charge in [0.25, 0.3) is 0 Å². The van der Waals surface area contributed by atoms with E-state index >= 15 is 0 Å². The Bertz CT molecular complexity index is 587. The molecule has 0 aromatic heterocycles. The van der Waals surface area contributed by atoms with Crippen LogP contribution in [0.4, 0.5) is 0 Å². The molecule has 1 saturated carbocycles. The largest absolute Gasteiger partial charge is 0.381 e. The number of rotatable bonds is 7. The van der Waals surface area contributed by atoms with Gasteiger partial charge in [-0.25, -0.2) is 8.42 Å². The summed E-state index contributed by atoms with van der Waals surface area (Å²) in [5.74, 6) is 0.0607. The zero-order valence-corrected chi connectivity index (χ0v) is 14.8. The number of sulfone groups is 1. The van der Waals surface area contributed by atoms with Gasteiger partial charge in [0.1, 0.15) is 0 Å². The predicted molar refractivity (Wildman–Crippen MR) is 88.1 cm³/mol. The molecule has 0 amide bonds. The Morgan fingerprint density at radius 1 is 1.29 bits per heavy atom. The van der Waals surface area contributed by atoms with Crippen molar-refractivity contribution in [1.82, 2.24) is 0 Å². The molecular weight excluding hydrogens is 354 g/mol. The highest BCUT2D eigenvalue weighted by atomic mass is 79.9. The molecule has 1 fully saturated rings. The highest BCUT2D eigenvalue weighted by Crippen LogP contribution is 2.62. The van der Waals surface area contributed by atoms with E-state index in [9.17, 15) is 8.42 Å². The maximum atomic E-state index is 12.4. The van der Waals surface area contributed by atoms with Gasteiger partial charge in [0, 0.05) is 34.7 Å². The first kappa shape index (κ1) is 16.9. The molecular formula is C15H22BrNO3S. The van der Waals surface area contributed by atoms with Crippen LogP contribution in [0.15, 0.2) is 28.7 Å². The lowest BCUT2D eigenvalue weighted by Crippen LogP contribution is -2.29. The number of nitrogens with two attached hydrogens (primary N) is 1. The molecule has 1 aromatic rings. The van der Waals surface area contributed by atoms with Crippen LogP contribution < -0.4 is 5.73 Å². The molecule has 2 N–H and O–H groups in total. The molecule has 4 nitrogen and oxygen atoms in total. The van der Waals surface area contributed by atoms with E-state index in [0.717, 1.165) is 10.0 Å². The second-order valence-corrected chi connectivity index (χ2v) is 8.80. The summed E-state index contributed by atoms with van der Waals surface area (Å²) in [6.07, 6.45) is 0. The topological polar surface area (TPSA) is 69.4 Å². The first-order chi connectivity index (χ1) is 9.93. The summed E-state index contributed by atoms with van der Waals surface area (Å²) in [6, 6.07) is 7.81. The molecule has 6 heteroatoms. The molecule has 0 saturated heterocycles. The van der Waals surface area contributed by atoms with Crippen molar-refractivity contribution >= 4 is 25.8 Å². The van der Waals surface area contributed by atoms with E-state index in [-0.39, 0.29) is 11.7 Å². The van der Waals surface area contributed by atoms with Gasteiger partial charge in [-0.1, -0.05) is 35.0 Å². The molecule has 0 spiro atoms. The number of hydrogen-bond donors (Lipinski definition) is 1. The summed E-state index contributed by atoms with van der Waals surface area (Å²) >= 11 is 3.40. The summed E-state index contributed by atoms with van der Waals surface area (Å²) in [5, 5.41) is -0.437. The van der Waals surface area contributed by atoms with Gasteiger partial charge in [0.15, 0.2) is 9.84 Å². The Hall–Kier alpha value is -0.430. The van der Waals surface area contributed by atoms with E-state index in [1.54, 1.807) is 6.92 Å². The molecule has 1 aromatic carbocycles. The van der Waals surface area contributed by atoms with Gasteiger partial charge in [0.05, 0.1) is 11.9 Å². The third-order valence-corrected chi connectivity index (χ3v) is 7.20. The second-order valence-electron chi connectivity index (χ2n) is 5.48. The standard InChI is InChI=1S/C15H22BrNO3S/c1-3-20-10-15(9-17)13(14(15)21(18,19)4-2)11-5-7-12(16)8-6-11/h5-8,13-14H,3-4,9-10,17H2,1-2H3. The summed E-state index contributed by atoms with van der Waals surface area (Å²) in [7, 11) is -3.15. The van der Waals surface area contributed by atoms with Gasteiger partial charge < -0.3 is 10.5 Å². The number of ether oxygens (including phenoxy) is 1. The van der Waals surface area contributed by atoms with E-state index in [0.29, 0.717) is 19.8 Å². The van der Waals surface area contributed by atoms with E-state index in [1.807, 2.05) is 31.2 Å². The molecule has 1 aliphatic rings. The minimum atomic E-state index is -3.15. The highest BCUT2D eigenvalue weighted by Gasteiger charge is 2.69. The molecule has 0 heterocycles. The lowest BCUT2D eigenvalue weighted by atomic mass is 10.00. The van der Waals surface area contributed by atoms with Gasteiger partial charge >= 0.3 is 0 Å². The quantitative estimate of drug-likeness (QED) is 0.793. The van der Waals surface area contributed by atoms with Gasteiger partial charge in [-0.15, -0.1) is 0 Å². The Labute approximate surface area is 135 Å². The van der Waals surface area contributed by atoms with Crippen LogP contribution in [0.25, 0.3) is 0 Å². The average molecular weight is 376 g/mol. The van der Waals surface area contributed by atoms with Crippen molar-refractivity contribution in [3.63, 3.8) is 0 Å². The lowest BCUT2D eigenvalue weighted by Gasteiger charge is -2.15. The van der Waals surface area contributed by atoms with Crippen LogP contribution in [0.5, 0.6) is 0 Å². The monoisotopic (exact) mass is 375 g/mol. The first-order valence-electron chi connectivity index (χ1n) is 7.17. The van der Waals surface area contributed by atoms with Gasteiger partial charge in [-0.2, -0.15) is 0 Å². The predicted octanol–water partition coefficient (Wildman–Crippen LogP) is 2.33. The Kier molecular flexibility index (Phi) is 5.13. The Balaban J connectivity index is 2.38. The van der Waals surface area contributed by atoms with E-state index < -0.39 is 20.5 Å². The fourth-order valence-corrected chi connectivity index (χ4v) is 5.55. The molecule has 118 valence electrons. The summed E-state index contributed by atoms with van der Waals surface area (Å²) < 4.78 is 31.4. The zero-order valence-electron chi connectivity index (χ0n) is 12.4. The molecule has 3 unspecified atom stereocenters. The molecule has 21 heavy (non-hydrogen) atoms. The SMILES string of the molecule is CCOCC1(CN)C(c2ccc(Br)cc2)C1S(=O)(=O)CC. The number of benzene rings is 1. The third kappa shape index (κ3) is 3.04. The van der Waals surface area contributed by atoms with Crippen molar-refractivity contribution in [2.75, 3.05) is 25.5 Å². The van der Waals surface area contributed by atoms with E-state index in [4.69, 9.17) is 10.5 Å². The van der Waals surface area contributed by atoms with E-state index in [2.05, 4.69) is 15.9 Å². The fourth-order valence-electron chi connectivity index (χ4n) is 3.14. The third-order valence-electron chi connectivity index (χ3n) is 4.35. The molecule has 2 rings (SSSR count). The highest BCUT2D eigenvalue weighted by molar-refractivity contribution is 9.10. The van der Waals surface area contributed by atoms with Crippen molar-refractivity contribution in [3.8, 4) is 0 Å². The van der Waals surface area contributed by atoms with Crippen molar-refractivity contribution < 1.29 is 13.2 Å². The molecule has 1 aliphatic carbocycles. The average Bonchev–Trinajstić information content (AvgIpc) is 3.16. The van der Waals surface area contributed by atoms with Gasteiger partial charge in [-0.3, -0.25) is 0 Å². The molecule has 0 radical (unpaired) electrons. The van der Waals surface area contributed by atoms with Crippen LogP contribution in [-0.2, 0) is 14.6 Å². The Morgan fingerprint density at radius 3 is 2.38 bits per heavy atom. The van der Waals surface area contributed by atoms with Crippen LogP contribution >= 0.6 is 15.9 Å². The molecule has 0 bridgehead atoms. The van der Waals surface area contributed by atoms with Crippen LogP contribution in [0.2, 0.25) is 0 Å². The summed E-state index contributed by atoms with van der Waals surface area (Å²) in [5.41, 5.74) is 6.49. The lowest BCUT2D eigenvalue weighted by molar-refractivity contribution is 0.101. The van der Waals surface area contributed by atoms with Crippen LogP contribution in [0, 0.1) is 5.41 Å². The van der Waals surface area contributed by atoms with Crippen LogP contribution in [0.1, 0.15) is 25.3 Å². The molecule has 0 aliphatic heterocycles. The van der Waals surface area contributed by atoms with Crippen molar-refractivity contribution in [1.29, 1.82) is 0 Å². The van der Waals surface area contributed by atoms with Crippen molar-refractivity contribution in [3.05, 3.63) is 34.3 Å². The van der Waals surface area contributed by atoms with E-state index in [1.165, 1.54) is 0 Å². The minimum absolute atomic E-state index is 0.0768. The Morgan fingerprint density at radius 2 is 1.90 bits per heavy atom. The normalized spacial score (nSPS) is 28.6. The fraction of sp³-hybridized carbons (Fsp3) is 0.600. The number of halogens is 1. The van der Waals surface area contributed by atoms with Crippen molar-refractivity contribution in [2.24, 2.45) is 11.1 Å². The maximum absolute atomic E-state index is 12.4.